The SMILES string of the molecule is COC(=O)C1=C(CN2CCN(C(=O)c3ccco3)CC2)NC(=O)NC1c1cccs1. The topological polar surface area (TPSA) is 104 Å². The lowest BCUT2D eigenvalue weighted by atomic mass is 10.0. The number of carbonyl (C=O) groups excluding carboxylic acids is 3. The zero-order valence-corrected chi connectivity index (χ0v) is 17.2. The van der Waals surface area contributed by atoms with Crippen molar-refractivity contribution in [1.82, 2.24) is 20.4 Å². The smallest absolute Gasteiger partial charge is 0.338 e. The van der Waals surface area contributed by atoms with Gasteiger partial charge in [0.1, 0.15) is 0 Å². The fourth-order valence-electron chi connectivity index (χ4n) is 3.65. The zero-order valence-electron chi connectivity index (χ0n) is 16.4. The Bertz CT molecular complexity index is 946. The van der Waals surface area contributed by atoms with Crippen LogP contribution in [0, 0.1) is 0 Å². The first-order valence-corrected chi connectivity index (χ1v) is 10.4. The van der Waals surface area contributed by atoms with Gasteiger partial charge >= 0.3 is 12.0 Å². The number of furan rings is 1. The Morgan fingerprint density at radius 2 is 2.03 bits per heavy atom. The number of amides is 3. The number of hydrogen-bond acceptors (Lipinski definition) is 7. The van der Waals surface area contributed by atoms with Crippen LogP contribution in [0.4, 0.5) is 4.79 Å². The molecule has 30 heavy (non-hydrogen) atoms. The highest BCUT2D eigenvalue weighted by Crippen LogP contribution is 2.30. The van der Waals surface area contributed by atoms with E-state index in [1.165, 1.54) is 24.7 Å². The van der Waals surface area contributed by atoms with Gasteiger partial charge in [0.2, 0.25) is 0 Å². The maximum atomic E-state index is 12.6. The number of esters is 1. The van der Waals surface area contributed by atoms with Crippen LogP contribution in [0.2, 0.25) is 0 Å². The second kappa shape index (κ2) is 8.72. The third kappa shape index (κ3) is 4.10. The minimum atomic E-state index is -0.553. The monoisotopic (exact) mass is 430 g/mol. The normalized spacial score (nSPS) is 20.0. The summed E-state index contributed by atoms with van der Waals surface area (Å²) < 4.78 is 10.2. The molecule has 9 nitrogen and oxygen atoms in total. The van der Waals surface area contributed by atoms with Crippen LogP contribution in [-0.2, 0) is 9.53 Å². The fraction of sp³-hybridized carbons (Fsp3) is 0.350. The molecule has 0 aliphatic carbocycles. The van der Waals surface area contributed by atoms with Crippen LogP contribution in [0.25, 0.3) is 0 Å². The quantitative estimate of drug-likeness (QED) is 0.698. The fourth-order valence-corrected chi connectivity index (χ4v) is 4.44. The van der Waals surface area contributed by atoms with E-state index in [1.54, 1.807) is 17.0 Å². The molecule has 10 heteroatoms. The largest absolute Gasteiger partial charge is 0.466 e. The number of hydrogen-bond donors (Lipinski definition) is 2. The van der Waals surface area contributed by atoms with E-state index in [-0.39, 0.29) is 11.9 Å². The molecule has 158 valence electrons. The van der Waals surface area contributed by atoms with Crippen molar-refractivity contribution in [3.8, 4) is 0 Å². The van der Waals surface area contributed by atoms with Crippen molar-refractivity contribution in [2.24, 2.45) is 0 Å². The minimum Gasteiger partial charge on any atom is -0.466 e. The molecule has 2 N–H and O–H groups in total. The highest BCUT2D eigenvalue weighted by Gasteiger charge is 2.35. The summed E-state index contributed by atoms with van der Waals surface area (Å²) in [6.07, 6.45) is 1.48. The van der Waals surface area contributed by atoms with E-state index in [4.69, 9.17) is 9.15 Å². The van der Waals surface area contributed by atoms with Gasteiger partial charge in [-0.25, -0.2) is 9.59 Å². The van der Waals surface area contributed by atoms with E-state index in [0.29, 0.717) is 49.8 Å². The van der Waals surface area contributed by atoms with Crippen LogP contribution in [0.1, 0.15) is 21.5 Å². The van der Waals surface area contributed by atoms with E-state index < -0.39 is 12.0 Å². The number of piperazine rings is 1. The molecule has 1 saturated heterocycles. The summed E-state index contributed by atoms with van der Waals surface area (Å²) >= 11 is 1.46. The molecule has 4 rings (SSSR count). The highest BCUT2D eigenvalue weighted by molar-refractivity contribution is 7.10. The first-order chi connectivity index (χ1) is 14.6. The summed E-state index contributed by atoms with van der Waals surface area (Å²) in [7, 11) is 1.33. The van der Waals surface area contributed by atoms with Crippen molar-refractivity contribution in [2.75, 3.05) is 39.8 Å². The van der Waals surface area contributed by atoms with Gasteiger partial charge < -0.3 is 24.7 Å². The van der Waals surface area contributed by atoms with Gasteiger partial charge in [-0.1, -0.05) is 6.07 Å². The molecule has 3 amide bonds. The summed E-state index contributed by atoms with van der Waals surface area (Å²) in [5, 5.41) is 7.48. The second-order valence-corrected chi connectivity index (χ2v) is 7.96. The van der Waals surface area contributed by atoms with Crippen molar-refractivity contribution < 1.29 is 23.5 Å². The van der Waals surface area contributed by atoms with Crippen molar-refractivity contribution in [3.63, 3.8) is 0 Å². The third-order valence-electron chi connectivity index (χ3n) is 5.16. The Kier molecular flexibility index (Phi) is 5.86. The third-order valence-corrected chi connectivity index (χ3v) is 6.10. The molecule has 0 saturated carbocycles. The average molecular weight is 430 g/mol. The van der Waals surface area contributed by atoms with E-state index in [2.05, 4.69) is 15.5 Å². The molecule has 1 unspecified atom stereocenters. The van der Waals surface area contributed by atoms with E-state index in [9.17, 15) is 14.4 Å². The van der Waals surface area contributed by atoms with Gasteiger partial charge in [0.05, 0.1) is 25.0 Å². The summed E-state index contributed by atoms with van der Waals surface area (Å²) in [5.41, 5.74) is 0.920. The Morgan fingerprint density at radius 1 is 1.23 bits per heavy atom. The van der Waals surface area contributed by atoms with Crippen LogP contribution in [0.15, 0.2) is 51.6 Å². The molecule has 1 atom stereocenters. The Morgan fingerprint density at radius 3 is 2.67 bits per heavy atom. The van der Waals surface area contributed by atoms with Gasteiger partial charge in [0.25, 0.3) is 5.91 Å². The number of urea groups is 1. The molecule has 2 aromatic rings. The number of rotatable bonds is 5. The summed E-state index contributed by atoms with van der Waals surface area (Å²) in [4.78, 5) is 41.9. The number of nitrogens with one attached hydrogen (secondary N) is 2. The van der Waals surface area contributed by atoms with Gasteiger partial charge in [-0.2, -0.15) is 0 Å². The number of nitrogens with zero attached hydrogens (tertiary/aromatic N) is 2. The summed E-state index contributed by atoms with van der Waals surface area (Å²) in [6.45, 7) is 2.65. The molecule has 0 radical (unpaired) electrons. The lowest BCUT2D eigenvalue weighted by Crippen LogP contribution is -2.52. The summed E-state index contributed by atoms with van der Waals surface area (Å²) in [5.74, 6) is -0.298. The molecule has 0 bridgehead atoms. The molecular formula is C20H22N4O5S. The molecule has 4 heterocycles. The van der Waals surface area contributed by atoms with Crippen LogP contribution in [0.5, 0.6) is 0 Å². The molecule has 1 fully saturated rings. The second-order valence-electron chi connectivity index (χ2n) is 6.98. The zero-order chi connectivity index (χ0) is 21.1. The van der Waals surface area contributed by atoms with Crippen molar-refractivity contribution in [2.45, 2.75) is 6.04 Å². The van der Waals surface area contributed by atoms with Crippen molar-refractivity contribution >= 4 is 29.2 Å². The molecular weight excluding hydrogens is 408 g/mol. The Labute approximate surface area is 177 Å². The van der Waals surface area contributed by atoms with Gasteiger partial charge in [0.15, 0.2) is 5.76 Å². The maximum absolute atomic E-state index is 12.6. The molecule has 2 aromatic heterocycles. The average Bonchev–Trinajstić information content (AvgIpc) is 3.47. The number of thiophene rings is 1. The van der Waals surface area contributed by atoms with E-state index >= 15 is 0 Å². The van der Waals surface area contributed by atoms with E-state index in [0.717, 1.165) is 4.88 Å². The lowest BCUT2D eigenvalue weighted by Gasteiger charge is -2.36. The summed E-state index contributed by atoms with van der Waals surface area (Å²) in [6, 6.07) is 6.18. The van der Waals surface area contributed by atoms with E-state index in [1.807, 2.05) is 17.5 Å². The molecule has 0 aromatic carbocycles. The number of ether oxygens (including phenoxy) is 1. The first kappa shape index (κ1) is 20.2. The number of methoxy groups -OCH3 is 1. The molecule has 2 aliphatic heterocycles. The minimum absolute atomic E-state index is 0.137. The van der Waals surface area contributed by atoms with Crippen LogP contribution >= 0.6 is 11.3 Å². The van der Waals surface area contributed by atoms with Crippen molar-refractivity contribution in [1.29, 1.82) is 0 Å². The number of carbonyl (C=O) groups is 3. The molecule has 0 spiro atoms. The highest BCUT2D eigenvalue weighted by atomic mass is 32.1. The standard InChI is InChI=1S/C20H22N4O5S/c1-28-19(26)16-13(21-20(27)22-17(16)15-5-3-11-30-15)12-23-6-8-24(9-7-23)18(25)14-4-2-10-29-14/h2-5,10-11,17H,6-9,12H2,1H3,(H2,21,22,27). The van der Waals surface area contributed by atoms with Gasteiger partial charge in [-0.15, -0.1) is 11.3 Å². The maximum Gasteiger partial charge on any atom is 0.338 e. The van der Waals surface area contributed by atoms with Crippen LogP contribution in [-0.4, -0.2) is 67.5 Å². The van der Waals surface area contributed by atoms with Crippen LogP contribution < -0.4 is 10.6 Å². The lowest BCUT2D eigenvalue weighted by molar-refractivity contribution is -0.136. The van der Waals surface area contributed by atoms with Crippen molar-refractivity contribution in [3.05, 3.63) is 57.8 Å². The van der Waals surface area contributed by atoms with Gasteiger partial charge in [-0.05, 0) is 23.6 Å². The van der Waals surface area contributed by atoms with Gasteiger partial charge in [-0.3, -0.25) is 9.69 Å². The van der Waals surface area contributed by atoms with Gasteiger partial charge in [0, 0.05) is 43.3 Å². The molecule has 2 aliphatic rings. The predicted octanol–water partition coefficient (Wildman–Crippen LogP) is 1.58. The Hall–Kier alpha value is -3.11. The first-order valence-electron chi connectivity index (χ1n) is 9.54. The van der Waals surface area contributed by atoms with Crippen LogP contribution in [0.3, 0.4) is 0 Å². The Balaban J connectivity index is 1.49. The predicted molar refractivity (Wildman–Crippen MR) is 109 cm³/mol.